The zero-order valence-electron chi connectivity index (χ0n) is 21.5. The van der Waals surface area contributed by atoms with E-state index in [1.807, 2.05) is 22.4 Å². The van der Waals surface area contributed by atoms with Crippen LogP contribution >= 0.6 is 34.5 Å². The van der Waals surface area contributed by atoms with Crippen LogP contribution in [0.1, 0.15) is 53.8 Å². The van der Waals surface area contributed by atoms with E-state index < -0.39 is 4.92 Å². The van der Waals surface area contributed by atoms with Crippen molar-refractivity contribution in [2.24, 2.45) is 0 Å². The third-order valence-electron chi connectivity index (χ3n) is 6.73. The molecule has 0 spiro atoms. The summed E-state index contributed by atoms with van der Waals surface area (Å²) in [4.78, 5) is 42.1. The highest BCUT2D eigenvalue weighted by molar-refractivity contribution is 7.10. The third kappa shape index (κ3) is 7.06. The fourth-order valence-corrected chi connectivity index (χ4v) is 6.11. The van der Waals surface area contributed by atoms with Crippen LogP contribution in [0.4, 0.5) is 5.69 Å². The Hall–Kier alpha value is -3.20. The molecule has 0 saturated heterocycles. The first-order valence-corrected chi connectivity index (χ1v) is 14.4. The number of nitro benzene ring substituents is 1. The molecule has 7 nitrogen and oxygen atoms in total. The van der Waals surface area contributed by atoms with Crippen molar-refractivity contribution in [2.45, 2.75) is 38.6 Å². The molecule has 0 bridgehead atoms. The Kier molecular flexibility index (Phi) is 9.78. The summed E-state index contributed by atoms with van der Waals surface area (Å²) in [6, 6.07) is 12.9. The number of nitro groups is 1. The Morgan fingerprint density at radius 1 is 1.13 bits per heavy atom. The van der Waals surface area contributed by atoms with Gasteiger partial charge in [-0.1, -0.05) is 49.0 Å². The molecule has 1 aliphatic rings. The van der Waals surface area contributed by atoms with Crippen LogP contribution in [0.5, 0.6) is 0 Å². The van der Waals surface area contributed by atoms with Gasteiger partial charge in [-0.05, 0) is 71.3 Å². The molecule has 2 amide bonds. The molecule has 0 radical (unpaired) electrons. The van der Waals surface area contributed by atoms with E-state index >= 15 is 0 Å². The minimum Gasteiger partial charge on any atom is -0.330 e. The smallest absolute Gasteiger partial charge is 0.269 e. The van der Waals surface area contributed by atoms with Gasteiger partial charge in [-0.2, -0.15) is 0 Å². The van der Waals surface area contributed by atoms with Crippen LogP contribution in [-0.4, -0.2) is 46.2 Å². The lowest BCUT2D eigenvalue weighted by atomic mass is 9.93. The van der Waals surface area contributed by atoms with Crippen LogP contribution < -0.4 is 0 Å². The molecular weight excluding hydrogens is 557 g/mol. The molecule has 2 heterocycles. The van der Waals surface area contributed by atoms with Crippen molar-refractivity contribution in [3.63, 3.8) is 0 Å². The molecule has 10 heteroatoms. The monoisotopic (exact) mass is 585 g/mol. The summed E-state index contributed by atoms with van der Waals surface area (Å²) in [6.07, 6.45) is 6.47. The van der Waals surface area contributed by atoms with Gasteiger partial charge in [0.05, 0.1) is 11.0 Å². The SMILES string of the molecule is CCCCCN(CC(=O)N1CCc2sccc2C1c1ccc(Cl)cc1Cl)C(=O)/C=C/c1ccc([N+](=O)[O-])cc1. The average Bonchev–Trinajstić information content (AvgIpc) is 3.40. The van der Waals surface area contributed by atoms with Gasteiger partial charge in [-0.15, -0.1) is 11.3 Å². The van der Waals surface area contributed by atoms with Crippen LogP contribution in [0.25, 0.3) is 6.08 Å². The Morgan fingerprint density at radius 3 is 2.59 bits per heavy atom. The maximum absolute atomic E-state index is 13.8. The molecule has 1 aromatic heterocycles. The predicted molar refractivity (Wildman–Crippen MR) is 156 cm³/mol. The van der Waals surface area contributed by atoms with Crippen LogP contribution in [0.15, 0.2) is 60.0 Å². The summed E-state index contributed by atoms with van der Waals surface area (Å²) < 4.78 is 0. The number of rotatable bonds is 10. The first-order chi connectivity index (χ1) is 18.8. The second-order valence-electron chi connectivity index (χ2n) is 9.35. The predicted octanol–water partition coefficient (Wildman–Crippen LogP) is 7.17. The van der Waals surface area contributed by atoms with Crippen LogP contribution in [0, 0.1) is 10.1 Å². The average molecular weight is 587 g/mol. The number of carbonyl (C=O) groups is 2. The van der Waals surface area contributed by atoms with Crippen molar-refractivity contribution in [1.29, 1.82) is 0 Å². The molecule has 204 valence electrons. The van der Waals surface area contributed by atoms with Gasteiger partial charge in [-0.25, -0.2) is 0 Å². The molecular formula is C29H29Cl2N3O4S. The minimum atomic E-state index is -0.468. The lowest BCUT2D eigenvalue weighted by molar-refractivity contribution is -0.384. The summed E-state index contributed by atoms with van der Waals surface area (Å²) in [5.41, 5.74) is 2.49. The standard InChI is InChI=1S/C29H29Cl2N3O4S/c1-2-3-4-15-32(27(35)12-7-20-5-9-22(10-6-20)34(37)38)19-28(36)33-16-13-26-24(14-17-39-26)29(33)23-11-8-21(30)18-25(23)31/h5-12,14,17-18,29H,2-4,13,15-16,19H2,1H3/b12-7+. The molecule has 2 aromatic carbocycles. The quantitative estimate of drug-likeness (QED) is 0.109. The molecule has 1 aliphatic heterocycles. The molecule has 39 heavy (non-hydrogen) atoms. The van der Waals surface area contributed by atoms with E-state index in [1.165, 1.54) is 23.1 Å². The van der Waals surface area contributed by atoms with Gasteiger partial charge in [0, 0.05) is 46.2 Å². The Balaban J connectivity index is 1.56. The molecule has 0 saturated carbocycles. The number of nitrogens with zero attached hydrogens (tertiary/aromatic N) is 3. The van der Waals surface area contributed by atoms with Crippen LogP contribution in [0.2, 0.25) is 10.0 Å². The number of halogens is 2. The number of unbranched alkanes of at least 4 members (excludes halogenated alkanes) is 2. The third-order valence-corrected chi connectivity index (χ3v) is 8.29. The van der Waals surface area contributed by atoms with Gasteiger partial charge in [0.15, 0.2) is 0 Å². The van der Waals surface area contributed by atoms with Crippen molar-refractivity contribution in [1.82, 2.24) is 9.80 Å². The topological polar surface area (TPSA) is 83.8 Å². The molecule has 0 aliphatic carbocycles. The van der Waals surface area contributed by atoms with Crippen molar-refractivity contribution in [2.75, 3.05) is 19.6 Å². The second-order valence-corrected chi connectivity index (χ2v) is 11.2. The number of benzene rings is 2. The summed E-state index contributed by atoms with van der Waals surface area (Å²) in [7, 11) is 0. The Morgan fingerprint density at radius 2 is 1.90 bits per heavy atom. The number of amides is 2. The van der Waals surface area contributed by atoms with Crippen LogP contribution in [0.3, 0.4) is 0 Å². The Labute approximate surface area is 241 Å². The Bertz CT molecular complexity index is 1370. The molecule has 4 rings (SSSR count). The lowest BCUT2D eigenvalue weighted by Crippen LogP contribution is -2.46. The van der Waals surface area contributed by atoms with Crippen molar-refractivity contribution < 1.29 is 14.5 Å². The van der Waals surface area contributed by atoms with E-state index in [-0.39, 0.29) is 30.1 Å². The van der Waals surface area contributed by atoms with Crippen molar-refractivity contribution in [3.05, 3.63) is 102 Å². The fourth-order valence-electron chi connectivity index (χ4n) is 4.70. The number of thiophene rings is 1. The highest BCUT2D eigenvalue weighted by Gasteiger charge is 2.34. The lowest BCUT2D eigenvalue weighted by Gasteiger charge is -2.38. The van der Waals surface area contributed by atoms with Crippen molar-refractivity contribution in [3.8, 4) is 0 Å². The summed E-state index contributed by atoms with van der Waals surface area (Å²) in [5, 5.41) is 13.9. The van der Waals surface area contributed by atoms with E-state index in [4.69, 9.17) is 23.2 Å². The van der Waals surface area contributed by atoms with E-state index in [2.05, 4.69) is 6.92 Å². The van der Waals surface area contributed by atoms with E-state index in [0.29, 0.717) is 28.7 Å². The zero-order valence-corrected chi connectivity index (χ0v) is 23.8. The van der Waals surface area contributed by atoms with Gasteiger partial charge in [0.1, 0.15) is 6.54 Å². The fraction of sp³-hybridized carbons (Fsp3) is 0.310. The van der Waals surface area contributed by atoms with Crippen LogP contribution in [-0.2, 0) is 16.0 Å². The van der Waals surface area contributed by atoms with Gasteiger partial charge in [-0.3, -0.25) is 19.7 Å². The van der Waals surface area contributed by atoms with Gasteiger partial charge >= 0.3 is 0 Å². The maximum atomic E-state index is 13.8. The summed E-state index contributed by atoms with van der Waals surface area (Å²) >= 11 is 14.4. The zero-order chi connectivity index (χ0) is 27.9. The highest BCUT2D eigenvalue weighted by atomic mass is 35.5. The van der Waals surface area contributed by atoms with E-state index in [0.717, 1.165) is 36.8 Å². The molecule has 1 unspecified atom stereocenters. The molecule has 0 N–H and O–H groups in total. The van der Waals surface area contributed by atoms with E-state index in [9.17, 15) is 19.7 Å². The molecule has 3 aromatic rings. The van der Waals surface area contributed by atoms with E-state index in [1.54, 1.807) is 46.6 Å². The first kappa shape index (κ1) is 28.8. The maximum Gasteiger partial charge on any atom is 0.269 e. The second kappa shape index (κ2) is 13.2. The molecule has 1 atom stereocenters. The first-order valence-electron chi connectivity index (χ1n) is 12.8. The number of fused-ring (bicyclic) bond motifs is 1. The highest BCUT2D eigenvalue weighted by Crippen LogP contribution is 2.41. The minimum absolute atomic E-state index is 0.0177. The van der Waals surface area contributed by atoms with Gasteiger partial charge in [0.2, 0.25) is 11.8 Å². The van der Waals surface area contributed by atoms with Crippen molar-refractivity contribution >= 4 is 58.1 Å². The number of carbonyl (C=O) groups excluding carboxylic acids is 2. The summed E-state index contributed by atoms with van der Waals surface area (Å²) in [5.74, 6) is -0.441. The largest absolute Gasteiger partial charge is 0.330 e. The normalized spacial score (nSPS) is 14.8. The number of hydrogen-bond donors (Lipinski definition) is 0. The van der Waals surface area contributed by atoms with Gasteiger partial charge in [0.25, 0.3) is 5.69 Å². The molecule has 0 fully saturated rings. The summed E-state index contributed by atoms with van der Waals surface area (Å²) in [6.45, 7) is 2.99. The number of non-ortho nitro benzene ring substituents is 1. The van der Waals surface area contributed by atoms with Gasteiger partial charge < -0.3 is 9.80 Å². The number of hydrogen-bond acceptors (Lipinski definition) is 5.